The Bertz CT molecular complexity index is 650. The molecule has 2 aromatic rings. The van der Waals surface area contributed by atoms with Crippen molar-refractivity contribution in [3.63, 3.8) is 0 Å². The van der Waals surface area contributed by atoms with Crippen LogP contribution in [0, 0.1) is 5.92 Å². The van der Waals surface area contributed by atoms with Crippen molar-refractivity contribution >= 4 is 28.6 Å². The number of methoxy groups -OCH3 is 1. The number of thioether (sulfide) groups is 1. The van der Waals surface area contributed by atoms with Gasteiger partial charge in [0.1, 0.15) is 11.8 Å². The molecule has 7 nitrogen and oxygen atoms in total. The van der Waals surface area contributed by atoms with Crippen LogP contribution >= 0.6 is 11.8 Å². The third-order valence-corrected chi connectivity index (χ3v) is 5.33. The van der Waals surface area contributed by atoms with Crippen molar-refractivity contribution in [1.29, 1.82) is 0 Å². The second-order valence-electron chi connectivity index (χ2n) is 5.89. The zero-order valence-electron chi connectivity index (χ0n) is 13.2. The lowest BCUT2D eigenvalue weighted by Crippen LogP contribution is -2.21. The molecule has 1 fully saturated rings. The number of aromatic nitrogens is 3. The number of nitrogens with two attached hydrogens (primary N) is 1. The van der Waals surface area contributed by atoms with E-state index in [0.717, 1.165) is 47.8 Å². The van der Waals surface area contributed by atoms with E-state index in [1.807, 2.05) is 18.0 Å². The highest BCUT2D eigenvalue weighted by molar-refractivity contribution is 7.99. The van der Waals surface area contributed by atoms with Crippen LogP contribution < -0.4 is 5.73 Å². The highest BCUT2D eigenvalue weighted by Gasteiger charge is 2.31. The molecule has 8 heteroatoms. The van der Waals surface area contributed by atoms with E-state index >= 15 is 0 Å². The number of aliphatic hydroxyl groups excluding tert-OH is 1. The summed E-state index contributed by atoms with van der Waals surface area (Å²) in [5.74, 6) is 2.71. The molecule has 0 spiro atoms. The van der Waals surface area contributed by atoms with E-state index in [0.29, 0.717) is 18.3 Å². The zero-order valence-corrected chi connectivity index (χ0v) is 14.1. The van der Waals surface area contributed by atoms with Crippen molar-refractivity contribution in [1.82, 2.24) is 19.9 Å². The largest absolute Gasteiger partial charge is 0.391 e. The number of aromatic amines is 1. The highest BCUT2D eigenvalue weighted by atomic mass is 32.2. The van der Waals surface area contributed by atoms with E-state index in [9.17, 15) is 5.11 Å². The molecule has 0 aromatic carbocycles. The van der Waals surface area contributed by atoms with Gasteiger partial charge >= 0.3 is 0 Å². The topological polar surface area (TPSA) is 100 Å². The Morgan fingerprint density at radius 1 is 1.48 bits per heavy atom. The van der Waals surface area contributed by atoms with Crippen molar-refractivity contribution in [2.45, 2.75) is 12.6 Å². The third-order valence-electron chi connectivity index (χ3n) is 4.21. The first-order valence-electron chi connectivity index (χ1n) is 7.72. The quantitative estimate of drug-likeness (QED) is 0.640. The fourth-order valence-corrected chi connectivity index (χ4v) is 4.07. The Morgan fingerprint density at radius 2 is 2.35 bits per heavy atom. The van der Waals surface area contributed by atoms with Gasteiger partial charge in [0.25, 0.3) is 0 Å². The molecule has 2 atom stereocenters. The van der Waals surface area contributed by atoms with Crippen molar-refractivity contribution < 1.29 is 9.84 Å². The van der Waals surface area contributed by atoms with E-state index in [1.54, 1.807) is 7.11 Å². The Balaban J connectivity index is 1.59. The minimum atomic E-state index is -0.269. The molecule has 0 radical (unpaired) electrons. The molecular weight excluding hydrogens is 314 g/mol. The van der Waals surface area contributed by atoms with E-state index in [-0.39, 0.29) is 6.10 Å². The van der Waals surface area contributed by atoms with Gasteiger partial charge in [0.05, 0.1) is 18.2 Å². The number of β-amino-alcohol motifs (C(OH)–C–C–N with tert-alkyl or cyclic N) is 1. The first-order valence-corrected chi connectivity index (χ1v) is 8.88. The number of hydrogen-bond donors (Lipinski definition) is 3. The fourth-order valence-electron chi connectivity index (χ4n) is 2.99. The molecular formula is C15H23N5O2S. The molecule has 0 amide bonds. The number of likely N-dealkylation sites (tertiary alicyclic amines) is 1. The van der Waals surface area contributed by atoms with Crippen molar-refractivity contribution in [3.8, 4) is 0 Å². The van der Waals surface area contributed by atoms with Crippen LogP contribution in [0.15, 0.2) is 12.5 Å². The van der Waals surface area contributed by atoms with Crippen LogP contribution in [0.5, 0.6) is 0 Å². The van der Waals surface area contributed by atoms with Crippen LogP contribution in [-0.2, 0) is 11.3 Å². The van der Waals surface area contributed by atoms with Crippen LogP contribution in [0.4, 0.5) is 5.82 Å². The van der Waals surface area contributed by atoms with Gasteiger partial charge in [0.15, 0.2) is 5.82 Å². The third kappa shape index (κ3) is 3.77. The standard InChI is InChI=1S/C15H23N5O2S/c1-22-2-3-23-8-11-6-20(7-12(11)21)5-10-4-17-14-13(10)18-9-19-15(14)16/h4,9,11-12,17,21H,2-3,5-8H2,1H3,(H2,16,18,19). The van der Waals surface area contributed by atoms with Gasteiger partial charge in [-0.3, -0.25) is 4.90 Å². The smallest absolute Gasteiger partial charge is 0.151 e. The summed E-state index contributed by atoms with van der Waals surface area (Å²) in [6.45, 7) is 3.11. The number of nitrogens with zero attached hydrogens (tertiary/aromatic N) is 3. The molecule has 0 aliphatic carbocycles. The first-order chi connectivity index (χ1) is 11.2. The summed E-state index contributed by atoms with van der Waals surface area (Å²) in [5, 5.41) is 10.3. The fraction of sp³-hybridized carbons (Fsp3) is 0.600. The molecule has 4 N–H and O–H groups in total. The number of aliphatic hydroxyl groups is 1. The normalized spacial score (nSPS) is 22.2. The van der Waals surface area contributed by atoms with Crippen LogP contribution in [0.2, 0.25) is 0 Å². The molecule has 126 valence electrons. The van der Waals surface area contributed by atoms with Gasteiger partial charge < -0.3 is 20.6 Å². The van der Waals surface area contributed by atoms with Crippen LogP contribution in [-0.4, -0.2) is 69.4 Å². The average molecular weight is 337 g/mol. The molecule has 0 bridgehead atoms. The Hall–Kier alpha value is -1.35. The van der Waals surface area contributed by atoms with Gasteiger partial charge in [0, 0.05) is 50.2 Å². The summed E-state index contributed by atoms with van der Waals surface area (Å²) in [5.41, 5.74) is 8.60. The molecule has 1 aliphatic rings. The van der Waals surface area contributed by atoms with Gasteiger partial charge in [-0.15, -0.1) is 0 Å². The molecule has 3 heterocycles. The maximum absolute atomic E-state index is 10.3. The molecule has 23 heavy (non-hydrogen) atoms. The number of nitrogen functional groups attached to an aromatic ring is 1. The highest BCUT2D eigenvalue weighted by Crippen LogP contribution is 2.25. The Labute approximate surface area is 139 Å². The first kappa shape index (κ1) is 16.5. The van der Waals surface area contributed by atoms with Crippen LogP contribution in [0.1, 0.15) is 5.56 Å². The summed E-state index contributed by atoms with van der Waals surface area (Å²) in [4.78, 5) is 13.7. The molecule has 1 aliphatic heterocycles. The summed E-state index contributed by atoms with van der Waals surface area (Å²) >= 11 is 1.84. The second kappa shape index (κ2) is 7.48. The number of hydrogen-bond acceptors (Lipinski definition) is 7. The number of ether oxygens (including phenoxy) is 1. The van der Waals surface area contributed by atoms with Gasteiger partial charge in [-0.25, -0.2) is 9.97 Å². The second-order valence-corrected chi connectivity index (χ2v) is 7.04. The predicted octanol–water partition coefficient (Wildman–Crippen LogP) is 0.712. The lowest BCUT2D eigenvalue weighted by Gasteiger charge is -2.14. The predicted molar refractivity (Wildman–Crippen MR) is 92.3 cm³/mol. The molecule has 2 unspecified atom stereocenters. The minimum Gasteiger partial charge on any atom is -0.391 e. The van der Waals surface area contributed by atoms with Gasteiger partial charge in [0.2, 0.25) is 0 Å². The number of rotatable bonds is 7. The van der Waals surface area contributed by atoms with Crippen molar-refractivity contribution in [2.75, 3.05) is 44.0 Å². The summed E-state index contributed by atoms with van der Waals surface area (Å²) < 4.78 is 5.06. The van der Waals surface area contributed by atoms with Gasteiger partial charge in [-0.05, 0) is 5.75 Å². The number of H-pyrrole nitrogens is 1. The lowest BCUT2D eigenvalue weighted by molar-refractivity contribution is 0.149. The number of fused-ring (bicyclic) bond motifs is 1. The van der Waals surface area contributed by atoms with Crippen molar-refractivity contribution in [3.05, 3.63) is 18.1 Å². The van der Waals surface area contributed by atoms with Crippen LogP contribution in [0.3, 0.4) is 0 Å². The summed E-state index contributed by atoms with van der Waals surface area (Å²) in [6, 6.07) is 0. The Morgan fingerprint density at radius 3 is 3.17 bits per heavy atom. The monoisotopic (exact) mass is 337 g/mol. The minimum absolute atomic E-state index is 0.269. The summed E-state index contributed by atoms with van der Waals surface area (Å²) in [7, 11) is 1.71. The maximum Gasteiger partial charge on any atom is 0.151 e. The zero-order chi connectivity index (χ0) is 16.2. The van der Waals surface area contributed by atoms with Crippen molar-refractivity contribution in [2.24, 2.45) is 5.92 Å². The summed E-state index contributed by atoms with van der Waals surface area (Å²) in [6.07, 6.45) is 3.15. The lowest BCUT2D eigenvalue weighted by atomic mass is 10.1. The van der Waals surface area contributed by atoms with Crippen LogP contribution in [0.25, 0.3) is 11.0 Å². The molecule has 1 saturated heterocycles. The van der Waals surface area contributed by atoms with Gasteiger partial charge in [-0.2, -0.15) is 11.8 Å². The SMILES string of the molecule is COCCSCC1CN(Cc2c[nH]c3c(N)ncnc23)CC1O. The maximum atomic E-state index is 10.3. The van der Waals surface area contributed by atoms with E-state index < -0.39 is 0 Å². The average Bonchev–Trinajstić information content (AvgIpc) is 3.09. The Kier molecular flexibility index (Phi) is 5.37. The van der Waals surface area contributed by atoms with E-state index in [1.165, 1.54) is 6.33 Å². The molecule has 2 aromatic heterocycles. The van der Waals surface area contributed by atoms with E-state index in [4.69, 9.17) is 10.5 Å². The van der Waals surface area contributed by atoms with E-state index in [2.05, 4.69) is 19.9 Å². The number of anilines is 1. The molecule has 0 saturated carbocycles. The number of nitrogens with one attached hydrogen (secondary N) is 1. The molecule has 3 rings (SSSR count). The van der Waals surface area contributed by atoms with Gasteiger partial charge in [-0.1, -0.05) is 0 Å².